The lowest BCUT2D eigenvalue weighted by atomic mass is 9.97. The zero-order valence-corrected chi connectivity index (χ0v) is 16.2. The van der Waals surface area contributed by atoms with Gasteiger partial charge in [-0.25, -0.2) is 4.98 Å². The minimum absolute atomic E-state index is 0.0824. The number of hydrogen-bond acceptors (Lipinski definition) is 4. The Balaban J connectivity index is 1.41. The Kier molecular flexibility index (Phi) is 5.58. The van der Waals surface area contributed by atoms with Gasteiger partial charge < -0.3 is 19.4 Å². The van der Waals surface area contributed by atoms with Gasteiger partial charge in [0, 0.05) is 31.0 Å². The molecule has 0 saturated carbocycles. The molecule has 0 spiro atoms. The Bertz CT molecular complexity index is 917. The van der Waals surface area contributed by atoms with Crippen molar-refractivity contribution in [2.24, 2.45) is 5.92 Å². The molecule has 4 rings (SSSR count). The topological polar surface area (TPSA) is 58.9 Å². The predicted molar refractivity (Wildman–Crippen MR) is 109 cm³/mol. The van der Waals surface area contributed by atoms with Gasteiger partial charge in [0.25, 0.3) is 5.91 Å². The number of aromatic nitrogens is 2. The second-order valence-electron chi connectivity index (χ2n) is 7.33. The second-order valence-corrected chi connectivity index (χ2v) is 7.33. The largest absolute Gasteiger partial charge is 0.487 e. The smallest absolute Gasteiger partial charge is 0.253 e. The van der Waals surface area contributed by atoms with Crippen LogP contribution in [0.5, 0.6) is 5.75 Å². The molecule has 0 radical (unpaired) electrons. The fourth-order valence-electron chi connectivity index (χ4n) is 3.82. The van der Waals surface area contributed by atoms with Gasteiger partial charge in [-0.15, -0.1) is 0 Å². The van der Waals surface area contributed by atoms with Crippen LogP contribution in [0, 0.1) is 5.92 Å². The molecule has 1 N–H and O–H groups in total. The highest BCUT2D eigenvalue weighted by atomic mass is 16.5. The molecule has 1 fully saturated rings. The number of ether oxygens (including phenoxy) is 1. The Morgan fingerprint density at radius 1 is 1.29 bits per heavy atom. The molecule has 3 heterocycles. The van der Waals surface area contributed by atoms with Crippen LogP contribution in [-0.4, -0.2) is 46.9 Å². The average Bonchev–Trinajstić information content (AvgIpc) is 3.15. The number of likely N-dealkylation sites (tertiary alicyclic amines) is 1. The molecule has 0 aliphatic carbocycles. The Morgan fingerprint density at radius 3 is 3.07 bits per heavy atom. The molecular formula is C22H26N4O2. The number of piperidine rings is 1. The highest BCUT2D eigenvalue weighted by Gasteiger charge is 2.24. The molecule has 1 aliphatic heterocycles. The van der Waals surface area contributed by atoms with Crippen molar-refractivity contribution in [3.63, 3.8) is 0 Å². The molecule has 1 unspecified atom stereocenters. The standard InChI is InChI=1S/C22H26N4O2/c1-23-13-17-6-5-11-26(14-17)22(27)18-7-4-8-20(12-18)28-16-19-15-25-10-3-2-9-21(25)24-19/h2-4,7-10,12,15,17,23H,5-6,11,13-14,16H2,1H3. The number of rotatable bonds is 6. The summed E-state index contributed by atoms with van der Waals surface area (Å²) >= 11 is 0. The summed E-state index contributed by atoms with van der Waals surface area (Å²) in [5, 5.41) is 3.22. The third kappa shape index (κ3) is 4.17. The van der Waals surface area contributed by atoms with Crippen LogP contribution in [0.2, 0.25) is 0 Å². The summed E-state index contributed by atoms with van der Waals surface area (Å²) in [5.41, 5.74) is 2.43. The van der Waals surface area contributed by atoms with Crippen LogP contribution in [0.3, 0.4) is 0 Å². The summed E-state index contributed by atoms with van der Waals surface area (Å²) < 4.78 is 7.87. The van der Waals surface area contributed by atoms with Crippen molar-refractivity contribution >= 4 is 11.6 Å². The summed E-state index contributed by atoms with van der Waals surface area (Å²) in [6.45, 7) is 2.95. The molecule has 1 aliphatic rings. The van der Waals surface area contributed by atoms with Crippen molar-refractivity contribution in [1.82, 2.24) is 19.6 Å². The first-order chi connectivity index (χ1) is 13.7. The van der Waals surface area contributed by atoms with Gasteiger partial charge >= 0.3 is 0 Å². The van der Waals surface area contributed by atoms with Crippen molar-refractivity contribution in [3.8, 4) is 5.75 Å². The monoisotopic (exact) mass is 378 g/mol. The van der Waals surface area contributed by atoms with Crippen molar-refractivity contribution in [1.29, 1.82) is 0 Å². The first-order valence-electron chi connectivity index (χ1n) is 9.82. The number of fused-ring (bicyclic) bond motifs is 1. The van der Waals surface area contributed by atoms with Crippen LogP contribution >= 0.6 is 0 Å². The number of amides is 1. The Hall–Kier alpha value is -2.86. The Morgan fingerprint density at radius 2 is 2.21 bits per heavy atom. The van der Waals surface area contributed by atoms with Crippen LogP contribution in [0.1, 0.15) is 28.9 Å². The first-order valence-corrected chi connectivity index (χ1v) is 9.82. The lowest BCUT2D eigenvalue weighted by Gasteiger charge is -2.32. The van der Waals surface area contributed by atoms with Gasteiger partial charge in [0.05, 0.1) is 5.69 Å². The summed E-state index contributed by atoms with van der Waals surface area (Å²) in [5.74, 6) is 1.29. The maximum absolute atomic E-state index is 12.9. The van der Waals surface area contributed by atoms with E-state index in [4.69, 9.17) is 4.74 Å². The normalized spacial score (nSPS) is 17.0. The summed E-state index contributed by atoms with van der Waals surface area (Å²) in [6, 6.07) is 13.3. The molecule has 6 heteroatoms. The number of carbonyl (C=O) groups is 1. The molecular weight excluding hydrogens is 352 g/mol. The number of pyridine rings is 1. The zero-order chi connectivity index (χ0) is 19.3. The van der Waals surface area contributed by atoms with Gasteiger partial charge in [-0.3, -0.25) is 4.79 Å². The van der Waals surface area contributed by atoms with E-state index in [1.807, 2.05) is 71.2 Å². The molecule has 6 nitrogen and oxygen atoms in total. The van der Waals surface area contributed by atoms with E-state index in [0.29, 0.717) is 23.8 Å². The minimum atomic E-state index is 0.0824. The lowest BCUT2D eigenvalue weighted by molar-refractivity contribution is 0.0674. The molecule has 1 amide bonds. The number of nitrogens with zero attached hydrogens (tertiary/aromatic N) is 3. The van der Waals surface area contributed by atoms with Crippen molar-refractivity contribution < 1.29 is 9.53 Å². The average molecular weight is 378 g/mol. The van der Waals surface area contributed by atoms with Crippen LogP contribution < -0.4 is 10.1 Å². The molecule has 2 aromatic heterocycles. The second kappa shape index (κ2) is 8.44. The minimum Gasteiger partial charge on any atom is -0.487 e. The molecule has 28 heavy (non-hydrogen) atoms. The van der Waals surface area contributed by atoms with E-state index in [1.54, 1.807) is 0 Å². The summed E-state index contributed by atoms with van der Waals surface area (Å²) in [4.78, 5) is 19.4. The van der Waals surface area contributed by atoms with Gasteiger partial charge in [0.1, 0.15) is 18.0 Å². The maximum atomic E-state index is 12.9. The quantitative estimate of drug-likeness (QED) is 0.716. The summed E-state index contributed by atoms with van der Waals surface area (Å²) in [7, 11) is 1.96. The number of benzene rings is 1. The van der Waals surface area contributed by atoms with E-state index in [9.17, 15) is 4.79 Å². The van der Waals surface area contributed by atoms with E-state index in [-0.39, 0.29) is 5.91 Å². The molecule has 146 valence electrons. The highest BCUT2D eigenvalue weighted by Crippen LogP contribution is 2.21. The maximum Gasteiger partial charge on any atom is 0.253 e. The van der Waals surface area contributed by atoms with Crippen LogP contribution in [0.15, 0.2) is 54.9 Å². The predicted octanol–water partition coefficient (Wildman–Crippen LogP) is 2.98. The highest BCUT2D eigenvalue weighted by molar-refractivity contribution is 5.94. The van der Waals surface area contributed by atoms with Crippen molar-refractivity contribution in [2.45, 2.75) is 19.4 Å². The van der Waals surface area contributed by atoms with Crippen molar-refractivity contribution in [3.05, 3.63) is 66.1 Å². The molecule has 0 bridgehead atoms. The van der Waals surface area contributed by atoms with Gasteiger partial charge in [0.15, 0.2) is 0 Å². The number of hydrogen-bond donors (Lipinski definition) is 1. The zero-order valence-electron chi connectivity index (χ0n) is 16.2. The molecule has 1 atom stereocenters. The number of imidazole rings is 1. The number of nitrogens with one attached hydrogen (secondary N) is 1. The Labute approximate surface area is 165 Å². The first kappa shape index (κ1) is 18.5. The molecule has 1 saturated heterocycles. The van der Waals surface area contributed by atoms with E-state index in [2.05, 4.69) is 10.3 Å². The summed E-state index contributed by atoms with van der Waals surface area (Å²) in [6.07, 6.45) is 6.15. The van der Waals surface area contributed by atoms with Crippen LogP contribution in [-0.2, 0) is 6.61 Å². The third-order valence-electron chi connectivity index (χ3n) is 5.18. The van der Waals surface area contributed by atoms with Gasteiger partial charge in [-0.2, -0.15) is 0 Å². The van der Waals surface area contributed by atoms with E-state index in [0.717, 1.165) is 37.4 Å². The van der Waals surface area contributed by atoms with E-state index in [1.165, 1.54) is 6.42 Å². The van der Waals surface area contributed by atoms with Crippen molar-refractivity contribution in [2.75, 3.05) is 26.7 Å². The van der Waals surface area contributed by atoms with Crippen LogP contribution in [0.25, 0.3) is 5.65 Å². The van der Waals surface area contributed by atoms with Gasteiger partial charge in [-0.1, -0.05) is 12.1 Å². The SMILES string of the molecule is CNCC1CCCN(C(=O)c2cccc(OCc3cn4ccccc4n3)c2)C1. The third-order valence-corrected chi connectivity index (χ3v) is 5.18. The molecule has 1 aromatic carbocycles. The van der Waals surface area contributed by atoms with Gasteiger partial charge in [-0.05, 0) is 62.7 Å². The number of carbonyl (C=O) groups excluding carboxylic acids is 1. The van der Waals surface area contributed by atoms with E-state index < -0.39 is 0 Å². The lowest BCUT2D eigenvalue weighted by Crippen LogP contribution is -2.42. The van der Waals surface area contributed by atoms with E-state index >= 15 is 0 Å². The van der Waals surface area contributed by atoms with Gasteiger partial charge in [0.2, 0.25) is 0 Å². The molecule has 3 aromatic rings. The fourth-order valence-corrected chi connectivity index (χ4v) is 3.82. The van der Waals surface area contributed by atoms with Crippen LogP contribution in [0.4, 0.5) is 0 Å². The fraction of sp³-hybridized carbons (Fsp3) is 0.364.